The molecule has 0 radical (unpaired) electrons. The van der Waals surface area contributed by atoms with Crippen LogP contribution < -0.4 is 15.4 Å². The fourth-order valence-corrected chi connectivity index (χ4v) is 1.66. The first-order chi connectivity index (χ1) is 11.3. The van der Waals surface area contributed by atoms with Crippen LogP contribution in [0.4, 0.5) is 4.79 Å². The predicted octanol–water partition coefficient (Wildman–Crippen LogP) is 1.85. The van der Waals surface area contributed by atoms with E-state index in [2.05, 4.69) is 10.6 Å². The van der Waals surface area contributed by atoms with Crippen molar-refractivity contribution >= 4 is 17.9 Å². The Morgan fingerprint density at radius 3 is 2.46 bits per heavy atom. The van der Waals surface area contributed by atoms with Gasteiger partial charge in [-0.15, -0.1) is 0 Å². The first-order valence-corrected chi connectivity index (χ1v) is 7.77. The van der Waals surface area contributed by atoms with Crippen LogP contribution in [0.3, 0.4) is 0 Å². The maximum atomic E-state index is 11.6. The molecule has 0 aromatic heterocycles. The van der Waals surface area contributed by atoms with Crippen LogP contribution >= 0.6 is 0 Å². The monoisotopic (exact) mass is 336 g/mol. The summed E-state index contributed by atoms with van der Waals surface area (Å²) in [6.45, 7) is 6.79. The lowest BCUT2D eigenvalue weighted by atomic mass is 10.1. The number of nitrogens with one attached hydrogen (secondary N) is 2. The molecule has 0 bridgehead atoms. The highest BCUT2D eigenvalue weighted by atomic mass is 16.6. The summed E-state index contributed by atoms with van der Waals surface area (Å²) >= 11 is 0. The topological polar surface area (TPSA) is 93.7 Å². The number of esters is 1. The van der Waals surface area contributed by atoms with Gasteiger partial charge >= 0.3 is 12.0 Å². The number of benzene rings is 1. The quantitative estimate of drug-likeness (QED) is 0.741. The molecule has 0 heterocycles. The maximum absolute atomic E-state index is 11.6. The Kier molecular flexibility index (Phi) is 7.74. The van der Waals surface area contributed by atoms with E-state index < -0.39 is 24.5 Å². The summed E-state index contributed by atoms with van der Waals surface area (Å²) in [5, 5.41) is 4.65. The third kappa shape index (κ3) is 7.13. The average Bonchev–Trinajstić information content (AvgIpc) is 2.53. The average molecular weight is 336 g/mol. The Morgan fingerprint density at radius 2 is 1.83 bits per heavy atom. The van der Waals surface area contributed by atoms with Crippen LogP contribution in [0.1, 0.15) is 31.4 Å². The van der Waals surface area contributed by atoms with Crippen molar-refractivity contribution in [1.29, 1.82) is 0 Å². The first kappa shape index (κ1) is 19.5. The third-order valence-electron chi connectivity index (χ3n) is 3.44. The van der Waals surface area contributed by atoms with E-state index in [0.717, 1.165) is 17.5 Å². The minimum absolute atomic E-state index is 0.0493. The van der Waals surface area contributed by atoms with Crippen molar-refractivity contribution in [3.8, 4) is 5.75 Å². The summed E-state index contributed by atoms with van der Waals surface area (Å²) in [6.07, 6.45) is 0.742. The molecule has 0 fully saturated rings. The Hall–Kier alpha value is -2.57. The molecule has 0 saturated heterocycles. The normalized spacial score (nSPS) is 11.3. The zero-order valence-electron chi connectivity index (χ0n) is 14.5. The molecule has 0 aliphatic rings. The summed E-state index contributed by atoms with van der Waals surface area (Å²) in [5.74, 6) is -0.839. The number of ether oxygens (including phenoxy) is 2. The SMILES string of the molecule is CC[C@H](C)NC(=O)NC(=O)COC(=O)COc1ccc(C)c(C)c1. The Morgan fingerprint density at radius 1 is 1.12 bits per heavy atom. The van der Waals surface area contributed by atoms with Gasteiger partial charge in [0.1, 0.15) is 5.75 Å². The second-order valence-corrected chi connectivity index (χ2v) is 5.53. The predicted molar refractivity (Wildman–Crippen MR) is 88.8 cm³/mol. The van der Waals surface area contributed by atoms with Crippen molar-refractivity contribution in [2.24, 2.45) is 0 Å². The highest BCUT2D eigenvalue weighted by Crippen LogP contribution is 2.16. The first-order valence-electron chi connectivity index (χ1n) is 7.77. The summed E-state index contributed by atoms with van der Waals surface area (Å²) in [6, 6.07) is 4.79. The lowest BCUT2D eigenvalue weighted by Gasteiger charge is -2.12. The van der Waals surface area contributed by atoms with Crippen LogP contribution in [0.2, 0.25) is 0 Å². The molecule has 0 unspecified atom stereocenters. The van der Waals surface area contributed by atoms with Gasteiger partial charge < -0.3 is 14.8 Å². The zero-order chi connectivity index (χ0) is 18.1. The maximum Gasteiger partial charge on any atom is 0.344 e. The molecule has 7 heteroatoms. The molecule has 0 spiro atoms. The van der Waals surface area contributed by atoms with Crippen molar-refractivity contribution in [2.45, 2.75) is 40.2 Å². The Labute approximate surface area is 141 Å². The van der Waals surface area contributed by atoms with Gasteiger partial charge in [-0.2, -0.15) is 0 Å². The van der Waals surface area contributed by atoms with Crippen molar-refractivity contribution in [2.75, 3.05) is 13.2 Å². The van der Waals surface area contributed by atoms with Gasteiger partial charge in [0.05, 0.1) is 0 Å². The number of urea groups is 1. The number of imide groups is 1. The number of amides is 3. The molecule has 0 aliphatic heterocycles. The van der Waals surface area contributed by atoms with Gasteiger partial charge in [-0.05, 0) is 50.5 Å². The van der Waals surface area contributed by atoms with Gasteiger partial charge in [0, 0.05) is 6.04 Å². The summed E-state index contributed by atoms with van der Waals surface area (Å²) in [5.41, 5.74) is 2.17. The minimum Gasteiger partial charge on any atom is -0.482 e. The zero-order valence-corrected chi connectivity index (χ0v) is 14.5. The van der Waals surface area contributed by atoms with Gasteiger partial charge in [0.25, 0.3) is 5.91 Å². The molecule has 7 nitrogen and oxygen atoms in total. The van der Waals surface area contributed by atoms with Crippen molar-refractivity contribution in [3.05, 3.63) is 29.3 Å². The van der Waals surface area contributed by atoms with Crippen molar-refractivity contribution in [3.63, 3.8) is 0 Å². The lowest BCUT2D eigenvalue weighted by Crippen LogP contribution is -2.44. The molecular weight excluding hydrogens is 312 g/mol. The molecule has 1 atom stereocenters. The van der Waals surface area contributed by atoms with Crippen molar-refractivity contribution < 1.29 is 23.9 Å². The molecule has 0 saturated carbocycles. The van der Waals surface area contributed by atoms with Gasteiger partial charge in [0.15, 0.2) is 13.2 Å². The standard InChI is InChI=1S/C17H24N2O5/c1-5-13(4)18-17(22)19-15(20)9-24-16(21)10-23-14-7-6-11(2)12(3)8-14/h6-8,13H,5,9-10H2,1-4H3,(H2,18,19,20,22)/t13-/m0/s1. The molecule has 1 aromatic carbocycles. The summed E-state index contributed by atoms with van der Waals surface area (Å²) in [4.78, 5) is 34.5. The molecule has 2 N–H and O–H groups in total. The van der Waals surface area contributed by atoms with Crippen LogP contribution in [0.5, 0.6) is 5.75 Å². The molecule has 0 aliphatic carbocycles. The Bertz CT molecular complexity index is 601. The minimum atomic E-state index is -0.699. The van der Waals surface area contributed by atoms with Crippen LogP contribution in [0, 0.1) is 13.8 Å². The molecule has 132 valence electrons. The van der Waals surface area contributed by atoms with E-state index in [1.54, 1.807) is 6.07 Å². The van der Waals surface area contributed by atoms with Crippen LogP contribution in [-0.4, -0.2) is 37.2 Å². The van der Waals surface area contributed by atoms with Gasteiger partial charge in [0.2, 0.25) is 0 Å². The van der Waals surface area contributed by atoms with E-state index in [0.29, 0.717) is 5.75 Å². The summed E-state index contributed by atoms with van der Waals surface area (Å²) < 4.78 is 10.1. The third-order valence-corrected chi connectivity index (χ3v) is 3.44. The number of aryl methyl sites for hydroxylation is 2. The van der Waals surface area contributed by atoms with Crippen molar-refractivity contribution in [1.82, 2.24) is 10.6 Å². The fraction of sp³-hybridized carbons (Fsp3) is 0.471. The molecule has 24 heavy (non-hydrogen) atoms. The number of hydrogen-bond acceptors (Lipinski definition) is 5. The second-order valence-electron chi connectivity index (χ2n) is 5.53. The van der Waals surface area contributed by atoms with E-state index >= 15 is 0 Å². The smallest absolute Gasteiger partial charge is 0.344 e. The number of carbonyl (C=O) groups is 3. The van der Waals surface area contributed by atoms with E-state index in [4.69, 9.17) is 9.47 Å². The second kappa shape index (κ2) is 9.54. The van der Waals surface area contributed by atoms with Gasteiger partial charge in [-0.1, -0.05) is 13.0 Å². The van der Waals surface area contributed by atoms with E-state index in [1.807, 2.05) is 39.8 Å². The van der Waals surface area contributed by atoms with Gasteiger partial charge in [-0.25, -0.2) is 9.59 Å². The highest BCUT2D eigenvalue weighted by molar-refractivity contribution is 5.95. The number of carbonyl (C=O) groups excluding carboxylic acids is 3. The van der Waals surface area contributed by atoms with Crippen LogP contribution in [0.15, 0.2) is 18.2 Å². The molecule has 1 aromatic rings. The molecule has 3 amide bonds. The Balaban J connectivity index is 2.29. The number of rotatable bonds is 7. The number of hydrogen-bond donors (Lipinski definition) is 2. The molecule has 1 rings (SSSR count). The lowest BCUT2D eigenvalue weighted by molar-refractivity contribution is -0.150. The highest BCUT2D eigenvalue weighted by Gasteiger charge is 2.12. The van der Waals surface area contributed by atoms with E-state index in [9.17, 15) is 14.4 Å². The van der Waals surface area contributed by atoms with E-state index in [1.165, 1.54) is 0 Å². The fourth-order valence-electron chi connectivity index (χ4n) is 1.66. The van der Waals surface area contributed by atoms with Crippen LogP contribution in [0.25, 0.3) is 0 Å². The van der Waals surface area contributed by atoms with Crippen LogP contribution in [-0.2, 0) is 14.3 Å². The summed E-state index contributed by atoms with van der Waals surface area (Å²) in [7, 11) is 0. The van der Waals surface area contributed by atoms with Gasteiger partial charge in [-0.3, -0.25) is 10.1 Å². The largest absolute Gasteiger partial charge is 0.482 e. The van der Waals surface area contributed by atoms with E-state index in [-0.39, 0.29) is 12.6 Å². The molecular formula is C17H24N2O5.